The van der Waals surface area contributed by atoms with Gasteiger partial charge in [-0.05, 0) is 30.7 Å². The third kappa shape index (κ3) is 3.90. The number of hydrogen-bond donors (Lipinski definition) is 2. The first-order valence-corrected chi connectivity index (χ1v) is 9.29. The van der Waals surface area contributed by atoms with Gasteiger partial charge in [-0.3, -0.25) is 0 Å². The minimum atomic E-state index is -0.286. The van der Waals surface area contributed by atoms with Gasteiger partial charge in [-0.15, -0.1) is 5.10 Å². The van der Waals surface area contributed by atoms with Gasteiger partial charge in [0, 0.05) is 28.8 Å². The summed E-state index contributed by atoms with van der Waals surface area (Å²) < 4.78 is 20.4. The predicted octanol–water partition coefficient (Wildman–Crippen LogP) is 4.38. The largest absolute Gasteiger partial charge is 0.459 e. The topological polar surface area (TPSA) is 103 Å². The lowest BCUT2D eigenvalue weighted by Crippen LogP contribution is -2.10. The number of halogens is 1. The predicted molar refractivity (Wildman–Crippen MR) is 119 cm³/mol. The molecule has 3 aromatic heterocycles. The Labute approximate surface area is 176 Å². The highest BCUT2D eigenvalue weighted by Gasteiger charge is 2.18. The molecule has 4 aromatic rings. The normalized spacial score (nSPS) is 11.9. The molecule has 0 spiro atoms. The summed E-state index contributed by atoms with van der Waals surface area (Å²) >= 11 is 0. The summed E-state index contributed by atoms with van der Waals surface area (Å²) in [7, 11) is 0. The standard InChI is InChI=1S/C21H20FN7O.3H2/c1-3-11-30-21-26-16(18-19(23)28-29-10-4-9-24-20(18)29)12-17(27-21)25-13(2)14-5-7-15(22)8-6-14;;;/h3-10,12-13H,1,11H2,2H3,(H2,23,28)(H,25,26,27);3*1H/t13-;;;/m0.../s1. The Hall–Kier alpha value is -4.01. The first kappa shape index (κ1) is 19.3. The molecule has 158 valence electrons. The highest BCUT2D eigenvalue weighted by molar-refractivity contribution is 5.85. The maximum absolute atomic E-state index is 13.2. The number of ether oxygens (including phenoxy) is 1. The van der Waals surface area contributed by atoms with Crippen molar-refractivity contribution < 1.29 is 13.4 Å². The molecular weight excluding hydrogens is 385 g/mol. The molecule has 0 amide bonds. The van der Waals surface area contributed by atoms with Gasteiger partial charge in [-0.2, -0.15) is 9.97 Å². The van der Waals surface area contributed by atoms with Gasteiger partial charge >= 0.3 is 6.01 Å². The third-order valence-corrected chi connectivity index (χ3v) is 4.45. The Morgan fingerprint density at radius 2 is 2.13 bits per heavy atom. The average Bonchev–Trinajstić information content (AvgIpc) is 3.08. The van der Waals surface area contributed by atoms with E-state index < -0.39 is 0 Å². The second-order valence-corrected chi connectivity index (χ2v) is 6.59. The van der Waals surface area contributed by atoms with Gasteiger partial charge in [0.1, 0.15) is 18.2 Å². The molecule has 0 aliphatic rings. The van der Waals surface area contributed by atoms with Crippen LogP contribution in [0.2, 0.25) is 0 Å². The molecule has 0 fully saturated rings. The lowest BCUT2D eigenvalue weighted by molar-refractivity contribution is 0.334. The molecule has 0 radical (unpaired) electrons. The van der Waals surface area contributed by atoms with Gasteiger partial charge in [0.25, 0.3) is 0 Å². The molecule has 0 unspecified atom stereocenters. The van der Waals surface area contributed by atoms with E-state index in [9.17, 15) is 4.39 Å². The fraction of sp³-hybridized carbons (Fsp3) is 0.143. The molecule has 0 bridgehead atoms. The van der Waals surface area contributed by atoms with Crippen molar-refractivity contribution in [3.8, 4) is 17.3 Å². The zero-order chi connectivity index (χ0) is 21.1. The van der Waals surface area contributed by atoms with Crippen molar-refractivity contribution in [2.24, 2.45) is 0 Å². The van der Waals surface area contributed by atoms with Crippen molar-refractivity contribution in [3.05, 3.63) is 72.8 Å². The second-order valence-electron chi connectivity index (χ2n) is 6.59. The zero-order valence-corrected chi connectivity index (χ0v) is 16.3. The highest BCUT2D eigenvalue weighted by atomic mass is 19.1. The van der Waals surface area contributed by atoms with Crippen LogP contribution in [-0.4, -0.2) is 31.2 Å². The van der Waals surface area contributed by atoms with Crippen LogP contribution in [0.15, 0.2) is 61.4 Å². The van der Waals surface area contributed by atoms with E-state index in [2.05, 4.69) is 31.9 Å². The maximum Gasteiger partial charge on any atom is 0.319 e. The molecule has 1 atom stereocenters. The van der Waals surface area contributed by atoms with Crippen molar-refractivity contribution in [2.75, 3.05) is 17.7 Å². The fourth-order valence-electron chi connectivity index (χ4n) is 3.03. The number of hydrogen-bond acceptors (Lipinski definition) is 7. The molecule has 8 nitrogen and oxygen atoms in total. The SMILES string of the molecule is C=CCOc1nc(N[C@@H](C)c2ccc(F)cc2)cc(-c2c(N)nn3cccnc23)n1.[HH].[HH].[HH]. The number of anilines is 2. The molecular formula is C21H26FN7O. The van der Waals surface area contributed by atoms with Crippen LogP contribution in [0.25, 0.3) is 16.9 Å². The Morgan fingerprint density at radius 1 is 1.33 bits per heavy atom. The van der Waals surface area contributed by atoms with Crippen molar-refractivity contribution in [1.29, 1.82) is 0 Å². The van der Waals surface area contributed by atoms with E-state index in [1.807, 2.05) is 6.92 Å². The van der Waals surface area contributed by atoms with E-state index in [0.29, 0.717) is 28.5 Å². The average molecular weight is 411 g/mol. The molecule has 30 heavy (non-hydrogen) atoms. The van der Waals surface area contributed by atoms with Crippen LogP contribution in [0, 0.1) is 5.82 Å². The Bertz CT molecular complexity index is 1200. The van der Waals surface area contributed by atoms with Gasteiger partial charge in [0.05, 0.1) is 11.3 Å². The number of rotatable bonds is 7. The third-order valence-electron chi connectivity index (χ3n) is 4.45. The van der Waals surface area contributed by atoms with Crippen molar-refractivity contribution >= 4 is 17.3 Å². The Morgan fingerprint density at radius 3 is 2.90 bits per heavy atom. The van der Waals surface area contributed by atoms with E-state index in [4.69, 9.17) is 10.5 Å². The Balaban J connectivity index is 0.00000181. The van der Waals surface area contributed by atoms with E-state index in [0.717, 1.165) is 5.56 Å². The molecule has 0 saturated heterocycles. The van der Waals surface area contributed by atoms with Gasteiger partial charge < -0.3 is 15.8 Å². The van der Waals surface area contributed by atoms with Crippen molar-refractivity contribution in [1.82, 2.24) is 24.6 Å². The first-order valence-electron chi connectivity index (χ1n) is 9.29. The second kappa shape index (κ2) is 8.16. The molecule has 1 aromatic carbocycles. The number of nitrogens with one attached hydrogen (secondary N) is 1. The molecule has 0 saturated carbocycles. The molecule has 9 heteroatoms. The monoisotopic (exact) mass is 411 g/mol. The summed E-state index contributed by atoms with van der Waals surface area (Å²) in [5, 5.41) is 7.58. The number of nitrogen functional groups attached to an aromatic ring is 1. The lowest BCUT2D eigenvalue weighted by Gasteiger charge is -2.16. The van der Waals surface area contributed by atoms with Gasteiger partial charge in [-0.1, -0.05) is 24.8 Å². The van der Waals surface area contributed by atoms with E-state index in [1.54, 1.807) is 47.3 Å². The summed E-state index contributed by atoms with van der Waals surface area (Å²) in [6.45, 7) is 5.85. The van der Waals surface area contributed by atoms with Crippen LogP contribution < -0.4 is 15.8 Å². The minimum Gasteiger partial charge on any atom is -0.459 e. The number of fused-ring (bicyclic) bond motifs is 1. The van der Waals surface area contributed by atoms with E-state index in [-0.39, 0.29) is 28.8 Å². The van der Waals surface area contributed by atoms with Gasteiger partial charge in [0.2, 0.25) is 0 Å². The summed E-state index contributed by atoms with van der Waals surface area (Å²) in [6.07, 6.45) is 5.02. The van der Waals surface area contributed by atoms with Crippen LogP contribution in [0.4, 0.5) is 16.0 Å². The number of nitrogens with two attached hydrogens (primary N) is 1. The summed E-state index contributed by atoms with van der Waals surface area (Å²) in [5.41, 5.74) is 8.72. The fourth-order valence-corrected chi connectivity index (χ4v) is 3.03. The van der Waals surface area contributed by atoms with Gasteiger partial charge in [0.15, 0.2) is 11.5 Å². The van der Waals surface area contributed by atoms with Crippen LogP contribution in [0.3, 0.4) is 0 Å². The summed E-state index contributed by atoms with van der Waals surface area (Å²) in [5.74, 6) is 0.525. The van der Waals surface area contributed by atoms with Crippen molar-refractivity contribution in [2.45, 2.75) is 13.0 Å². The first-order chi connectivity index (χ1) is 14.5. The Kier molecular flexibility index (Phi) is 5.25. The quantitative estimate of drug-likeness (QED) is 0.435. The van der Waals surface area contributed by atoms with Crippen LogP contribution >= 0.6 is 0 Å². The summed E-state index contributed by atoms with van der Waals surface area (Å²) in [6, 6.07) is 9.82. The summed E-state index contributed by atoms with van der Waals surface area (Å²) in [4.78, 5) is 13.3. The van der Waals surface area contributed by atoms with Crippen molar-refractivity contribution in [3.63, 3.8) is 0 Å². The molecule has 4 rings (SSSR count). The van der Waals surface area contributed by atoms with Crippen LogP contribution in [0.1, 0.15) is 22.8 Å². The molecule has 0 aliphatic heterocycles. The lowest BCUT2D eigenvalue weighted by atomic mass is 10.1. The van der Waals surface area contributed by atoms with Crippen LogP contribution in [-0.2, 0) is 0 Å². The van der Waals surface area contributed by atoms with E-state index in [1.165, 1.54) is 12.1 Å². The number of benzene rings is 1. The highest BCUT2D eigenvalue weighted by Crippen LogP contribution is 2.31. The number of nitrogens with zero attached hydrogens (tertiary/aromatic N) is 5. The number of aromatic nitrogens is 5. The molecule has 0 aliphatic carbocycles. The smallest absolute Gasteiger partial charge is 0.319 e. The van der Waals surface area contributed by atoms with E-state index >= 15 is 0 Å². The van der Waals surface area contributed by atoms with Gasteiger partial charge in [-0.25, -0.2) is 13.9 Å². The maximum atomic E-state index is 13.2. The molecule has 3 N–H and O–H groups in total. The minimum absolute atomic E-state index is 0. The molecule has 3 heterocycles. The van der Waals surface area contributed by atoms with Crippen LogP contribution in [0.5, 0.6) is 6.01 Å². The zero-order valence-electron chi connectivity index (χ0n) is 16.3.